The standard InChI is InChI=1S/C10H20N2O2/c1-8-6-12(9(13)11(4)5)7-10(2,3)14-8/h8H,6-7H2,1-5H3. The summed E-state index contributed by atoms with van der Waals surface area (Å²) >= 11 is 0. The Morgan fingerprint density at radius 2 is 2.07 bits per heavy atom. The highest BCUT2D eigenvalue weighted by Gasteiger charge is 2.34. The number of hydrogen-bond donors (Lipinski definition) is 0. The second kappa shape index (κ2) is 3.77. The average molecular weight is 200 g/mol. The van der Waals surface area contributed by atoms with Gasteiger partial charge in [-0.2, -0.15) is 0 Å². The zero-order valence-electron chi connectivity index (χ0n) is 9.70. The van der Waals surface area contributed by atoms with Crippen molar-refractivity contribution in [3.63, 3.8) is 0 Å². The van der Waals surface area contributed by atoms with Crippen molar-refractivity contribution in [1.29, 1.82) is 0 Å². The van der Waals surface area contributed by atoms with Crippen molar-refractivity contribution < 1.29 is 9.53 Å². The van der Waals surface area contributed by atoms with Crippen molar-refractivity contribution in [2.75, 3.05) is 27.2 Å². The van der Waals surface area contributed by atoms with E-state index in [2.05, 4.69) is 0 Å². The molecule has 1 saturated heterocycles. The highest BCUT2D eigenvalue weighted by atomic mass is 16.5. The number of morpholine rings is 1. The predicted molar refractivity (Wildman–Crippen MR) is 55.3 cm³/mol. The van der Waals surface area contributed by atoms with Gasteiger partial charge in [0.2, 0.25) is 0 Å². The molecular weight excluding hydrogens is 180 g/mol. The van der Waals surface area contributed by atoms with E-state index >= 15 is 0 Å². The van der Waals surface area contributed by atoms with E-state index < -0.39 is 0 Å². The summed E-state index contributed by atoms with van der Waals surface area (Å²) in [5.74, 6) is 0. The minimum atomic E-state index is -0.233. The second-order valence-corrected chi connectivity index (χ2v) is 4.75. The number of carbonyl (C=O) groups is 1. The van der Waals surface area contributed by atoms with Crippen molar-refractivity contribution >= 4 is 6.03 Å². The topological polar surface area (TPSA) is 32.8 Å². The Morgan fingerprint density at radius 3 is 2.50 bits per heavy atom. The summed E-state index contributed by atoms with van der Waals surface area (Å²) in [5, 5.41) is 0. The van der Waals surface area contributed by atoms with Gasteiger partial charge in [0.25, 0.3) is 0 Å². The quantitative estimate of drug-likeness (QED) is 0.588. The highest BCUT2D eigenvalue weighted by molar-refractivity contribution is 5.74. The van der Waals surface area contributed by atoms with Gasteiger partial charge in [-0.25, -0.2) is 4.79 Å². The maximum absolute atomic E-state index is 11.7. The molecule has 0 aromatic heterocycles. The van der Waals surface area contributed by atoms with Crippen LogP contribution in [-0.4, -0.2) is 54.7 Å². The molecule has 0 spiro atoms. The van der Waals surface area contributed by atoms with Crippen LogP contribution in [0.25, 0.3) is 0 Å². The molecule has 1 fully saturated rings. The van der Waals surface area contributed by atoms with Crippen molar-refractivity contribution in [1.82, 2.24) is 9.80 Å². The van der Waals surface area contributed by atoms with Gasteiger partial charge >= 0.3 is 6.03 Å². The van der Waals surface area contributed by atoms with Gasteiger partial charge in [0.15, 0.2) is 0 Å². The van der Waals surface area contributed by atoms with Crippen molar-refractivity contribution in [2.45, 2.75) is 32.5 Å². The fourth-order valence-electron chi connectivity index (χ4n) is 1.88. The van der Waals surface area contributed by atoms with Crippen LogP contribution < -0.4 is 0 Å². The largest absolute Gasteiger partial charge is 0.369 e. The third kappa shape index (κ3) is 2.61. The molecule has 14 heavy (non-hydrogen) atoms. The number of ether oxygens (including phenoxy) is 1. The molecule has 1 aliphatic rings. The third-order valence-electron chi connectivity index (χ3n) is 2.22. The Labute approximate surface area is 85.8 Å². The van der Waals surface area contributed by atoms with Gasteiger partial charge in [0.05, 0.1) is 18.2 Å². The normalized spacial score (nSPS) is 26.1. The van der Waals surface area contributed by atoms with Crippen LogP contribution in [-0.2, 0) is 4.74 Å². The number of rotatable bonds is 0. The molecule has 2 amide bonds. The first-order valence-electron chi connectivity index (χ1n) is 4.96. The zero-order chi connectivity index (χ0) is 10.9. The molecule has 1 heterocycles. The summed E-state index contributed by atoms with van der Waals surface area (Å²) in [4.78, 5) is 15.2. The van der Waals surface area contributed by atoms with Crippen molar-refractivity contribution in [2.24, 2.45) is 0 Å². The van der Waals surface area contributed by atoms with Gasteiger partial charge in [-0.15, -0.1) is 0 Å². The Bertz CT molecular complexity index is 226. The minimum absolute atomic E-state index is 0.0632. The monoisotopic (exact) mass is 200 g/mol. The van der Waals surface area contributed by atoms with E-state index in [1.165, 1.54) is 0 Å². The van der Waals surface area contributed by atoms with Gasteiger partial charge in [0.1, 0.15) is 0 Å². The Kier molecular flexibility index (Phi) is 3.04. The first-order valence-corrected chi connectivity index (χ1v) is 4.96. The lowest BCUT2D eigenvalue weighted by Gasteiger charge is -2.42. The smallest absolute Gasteiger partial charge is 0.319 e. The summed E-state index contributed by atoms with van der Waals surface area (Å²) in [7, 11) is 3.55. The molecule has 0 aliphatic carbocycles. The van der Waals surface area contributed by atoms with Crippen molar-refractivity contribution in [3.8, 4) is 0 Å². The summed E-state index contributed by atoms with van der Waals surface area (Å²) in [6, 6.07) is 0.0632. The fraction of sp³-hybridized carbons (Fsp3) is 0.900. The maximum atomic E-state index is 11.7. The van der Waals surface area contributed by atoms with Crippen LogP contribution >= 0.6 is 0 Å². The third-order valence-corrected chi connectivity index (χ3v) is 2.22. The number of carbonyl (C=O) groups excluding carboxylic acids is 1. The van der Waals surface area contributed by atoms with Crippen LogP contribution in [0.3, 0.4) is 0 Å². The van der Waals surface area contributed by atoms with Crippen molar-refractivity contribution in [3.05, 3.63) is 0 Å². The molecule has 0 N–H and O–H groups in total. The zero-order valence-corrected chi connectivity index (χ0v) is 9.70. The number of nitrogens with zero attached hydrogens (tertiary/aromatic N) is 2. The lowest BCUT2D eigenvalue weighted by Crippen LogP contribution is -2.55. The van der Waals surface area contributed by atoms with E-state index in [1.807, 2.05) is 25.7 Å². The van der Waals surface area contributed by atoms with Crippen LogP contribution in [0.15, 0.2) is 0 Å². The van der Waals surface area contributed by atoms with Crippen LogP contribution in [0.5, 0.6) is 0 Å². The Hall–Kier alpha value is -0.770. The summed E-state index contributed by atoms with van der Waals surface area (Å²) < 4.78 is 5.72. The predicted octanol–water partition coefficient (Wildman–Crippen LogP) is 1.17. The number of hydrogen-bond acceptors (Lipinski definition) is 2. The second-order valence-electron chi connectivity index (χ2n) is 4.75. The molecule has 1 atom stereocenters. The number of amides is 2. The summed E-state index contributed by atoms with van der Waals surface area (Å²) in [6.45, 7) is 7.36. The first-order chi connectivity index (χ1) is 6.32. The van der Waals surface area contributed by atoms with Gasteiger partial charge in [-0.3, -0.25) is 0 Å². The molecule has 0 saturated carbocycles. The molecule has 0 bridgehead atoms. The van der Waals surface area contributed by atoms with E-state index in [9.17, 15) is 4.79 Å². The molecule has 0 aromatic rings. The van der Waals surface area contributed by atoms with Gasteiger partial charge in [-0.1, -0.05) is 0 Å². The molecule has 4 heteroatoms. The van der Waals surface area contributed by atoms with E-state index in [0.29, 0.717) is 13.1 Å². The van der Waals surface area contributed by atoms with Gasteiger partial charge in [0, 0.05) is 20.6 Å². The molecule has 1 rings (SSSR count). The summed E-state index contributed by atoms with van der Waals surface area (Å²) in [6.07, 6.45) is 0.114. The summed E-state index contributed by atoms with van der Waals surface area (Å²) in [5.41, 5.74) is -0.233. The average Bonchev–Trinajstić information content (AvgIpc) is 1.98. The maximum Gasteiger partial charge on any atom is 0.319 e. The van der Waals surface area contributed by atoms with Gasteiger partial charge < -0.3 is 14.5 Å². The molecule has 1 unspecified atom stereocenters. The van der Waals surface area contributed by atoms with Crippen LogP contribution in [0.4, 0.5) is 4.79 Å². The first kappa shape index (κ1) is 11.3. The van der Waals surface area contributed by atoms with Crippen LogP contribution in [0.2, 0.25) is 0 Å². The lowest BCUT2D eigenvalue weighted by molar-refractivity contribution is -0.118. The van der Waals surface area contributed by atoms with E-state index in [1.54, 1.807) is 19.0 Å². The molecule has 0 aromatic carbocycles. The highest BCUT2D eigenvalue weighted by Crippen LogP contribution is 2.21. The van der Waals surface area contributed by atoms with E-state index in [0.717, 1.165) is 0 Å². The van der Waals surface area contributed by atoms with Crippen LogP contribution in [0, 0.1) is 0 Å². The van der Waals surface area contributed by atoms with E-state index in [4.69, 9.17) is 4.74 Å². The molecule has 1 aliphatic heterocycles. The molecule has 4 nitrogen and oxygen atoms in total. The number of urea groups is 1. The Balaban J connectivity index is 2.67. The molecule has 82 valence electrons. The van der Waals surface area contributed by atoms with Crippen LogP contribution in [0.1, 0.15) is 20.8 Å². The van der Waals surface area contributed by atoms with Gasteiger partial charge in [-0.05, 0) is 20.8 Å². The Morgan fingerprint density at radius 1 is 1.50 bits per heavy atom. The molecule has 0 radical (unpaired) electrons. The molecular formula is C10H20N2O2. The lowest BCUT2D eigenvalue weighted by atomic mass is 10.1. The SMILES string of the molecule is CC1CN(C(=O)N(C)C)CC(C)(C)O1. The van der Waals surface area contributed by atoms with E-state index in [-0.39, 0.29) is 17.7 Å². The fourth-order valence-corrected chi connectivity index (χ4v) is 1.88. The minimum Gasteiger partial charge on any atom is -0.369 e.